The molecule has 0 fully saturated rings. The van der Waals surface area contributed by atoms with Crippen LogP contribution in [0.2, 0.25) is 0 Å². The van der Waals surface area contributed by atoms with Gasteiger partial charge in [0.2, 0.25) is 0 Å². The Kier molecular flexibility index (Phi) is 8.74. The zero-order valence-electron chi connectivity index (χ0n) is 17.2. The standard InChI is InChI=1S/C19H18N.C5H8O2.Ir/c1-12-9-13(2)11-16(10-12)19-15(4)14(3)17-7-5-6-8-18(17)20-19;1-4(6)3-5(2)7;/h5-10H,1-4H3;3,6H,1-2H3;/q-1;;/b;4-3-;. The number of carbonyl (C=O) groups excluding carboxylic acids is 1. The van der Waals surface area contributed by atoms with Gasteiger partial charge in [0.25, 0.3) is 0 Å². The third kappa shape index (κ3) is 6.12. The van der Waals surface area contributed by atoms with Gasteiger partial charge < -0.3 is 5.11 Å². The summed E-state index contributed by atoms with van der Waals surface area (Å²) in [5.41, 5.74) is 8.15. The van der Waals surface area contributed by atoms with Crippen molar-refractivity contribution in [2.45, 2.75) is 41.5 Å². The van der Waals surface area contributed by atoms with Crippen LogP contribution in [0.3, 0.4) is 0 Å². The van der Waals surface area contributed by atoms with Crippen LogP contribution in [0.5, 0.6) is 0 Å². The first kappa shape index (κ1) is 23.7. The number of aryl methyl sites for hydroxylation is 3. The first-order chi connectivity index (χ1) is 12.7. The van der Waals surface area contributed by atoms with E-state index in [1.54, 1.807) is 0 Å². The number of aromatic nitrogens is 1. The molecule has 2 aromatic carbocycles. The Morgan fingerprint density at radius 1 is 1.04 bits per heavy atom. The average Bonchev–Trinajstić information content (AvgIpc) is 2.56. The molecule has 1 heterocycles. The predicted molar refractivity (Wildman–Crippen MR) is 112 cm³/mol. The van der Waals surface area contributed by atoms with E-state index >= 15 is 0 Å². The van der Waals surface area contributed by atoms with Gasteiger partial charge in [0, 0.05) is 31.6 Å². The molecule has 1 radical (unpaired) electrons. The van der Waals surface area contributed by atoms with E-state index in [4.69, 9.17) is 10.1 Å². The number of benzene rings is 2. The van der Waals surface area contributed by atoms with Gasteiger partial charge in [-0.2, -0.15) is 0 Å². The molecule has 0 unspecified atom stereocenters. The number of ketones is 1. The molecule has 3 rings (SSSR count). The van der Waals surface area contributed by atoms with Crippen molar-refractivity contribution >= 4 is 16.7 Å². The Balaban J connectivity index is 0.000000425. The molecule has 0 aliphatic heterocycles. The van der Waals surface area contributed by atoms with Gasteiger partial charge >= 0.3 is 0 Å². The number of para-hydroxylation sites is 1. The van der Waals surface area contributed by atoms with Gasteiger partial charge in [-0.1, -0.05) is 37.6 Å². The largest absolute Gasteiger partial charge is 0.512 e. The Bertz CT molecular complexity index is 998. The molecule has 28 heavy (non-hydrogen) atoms. The third-order valence-electron chi connectivity index (χ3n) is 4.27. The van der Waals surface area contributed by atoms with Crippen molar-refractivity contribution < 1.29 is 30.0 Å². The van der Waals surface area contributed by atoms with Crippen LogP contribution >= 0.6 is 0 Å². The van der Waals surface area contributed by atoms with Crippen molar-refractivity contribution in [3.63, 3.8) is 0 Å². The maximum Gasteiger partial charge on any atom is 0.155 e. The topological polar surface area (TPSA) is 50.2 Å². The van der Waals surface area contributed by atoms with Crippen LogP contribution in [0.15, 0.2) is 48.2 Å². The molecule has 0 saturated heterocycles. The second-order valence-electron chi connectivity index (χ2n) is 6.88. The van der Waals surface area contributed by atoms with Crippen molar-refractivity contribution in [2.75, 3.05) is 0 Å². The fourth-order valence-electron chi connectivity index (χ4n) is 3.05. The molecule has 0 saturated carbocycles. The number of pyridine rings is 1. The summed E-state index contributed by atoms with van der Waals surface area (Å²) in [7, 11) is 0. The molecule has 0 bridgehead atoms. The van der Waals surface area contributed by atoms with Gasteiger partial charge in [0.1, 0.15) is 0 Å². The average molecular weight is 553 g/mol. The van der Waals surface area contributed by atoms with Gasteiger partial charge in [-0.25, -0.2) is 0 Å². The van der Waals surface area contributed by atoms with Gasteiger partial charge in [-0.05, 0) is 45.0 Å². The van der Waals surface area contributed by atoms with Crippen LogP contribution < -0.4 is 0 Å². The van der Waals surface area contributed by atoms with E-state index in [0.717, 1.165) is 22.3 Å². The Labute approximate surface area is 180 Å². The normalized spacial score (nSPS) is 10.7. The fourth-order valence-corrected chi connectivity index (χ4v) is 3.05. The molecule has 0 spiro atoms. The molecule has 1 N–H and O–H groups in total. The second kappa shape index (κ2) is 10.3. The van der Waals surface area contributed by atoms with Crippen molar-refractivity contribution in [3.8, 4) is 11.3 Å². The summed E-state index contributed by atoms with van der Waals surface area (Å²) >= 11 is 0. The smallest absolute Gasteiger partial charge is 0.155 e. The van der Waals surface area contributed by atoms with E-state index in [1.807, 2.05) is 6.07 Å². The molecule has 0 amide bonds. The summed E-state index contributed by atoms with van der Waals surface area (Å²) in [5.74, 6) is -0.0625. The minimum Gasteiger partial charge on any atom is -0.512 e. The molecule has 4 heteroatoms. The molecular weight excluding hydrogens is 526 g/mol. The number of allylic oxidation sites excluding steroid dienone is 2. The van der Waals surface area contributed by atoms with E-state index in [0.29, 0.717) is 0 Å². The summed E-state index contributed by atoms with van der Waals surface area (Å²) in [6, 6.07) is 16.1. The molecule has 3 nitrogen and oxygen atoms in total. The van der Waals surface area contributed by atoms with Crippen molar-refractivity contribution in [3.05, 3.63) is 76.6 Å². The summed E-state index contributed by atoms with van der Waals surface area (Å²) in [4.78, 5) is 14.9. The SMILES string of the molecule is CC(=O)/C=C(/C)O.Cc1[c-]c(-c2nc3ccccc3c(C)c2C)cc(C)c1.[Ir]. The number of carbonyl (C=O) groups is 1. The molecule has 3 aromatic rings. The zero-order valence-corrected chi connectivity index (χ0v) is 19.6. The van der Waals surface area contributed by atoms with E-state index in [9.17, 15) is 4.79 Å². The van der Waals surface area contributed by atoms with E-state index in [1.165, 1.54) is 42.0 Å². The summed E-state index contributed by atoms with van der Waals surface area (Å²) in [6.07, 6.45) is 1.17. The Morgan fingerprint density at radius 2 is 1.68 bits per heavy atom. The van der Waals surface area contributed by atoms with E-state index in [-0.39, 0.29) is 31.6 Å². The molecule has 149 valence electrons. The zero-order chi connectivity index (χ0) is 20.1. The van der Waals surface area contributed by atoms with Crippen LogP contribution in [-0.4, -0.2) is 15.9 Å². The summed E-state index contributed by atoms with van der Waals surface area (Å²) in [6.45, 7) is 11.4. The van der Waals surface area contributed by atoms with Gasteiger partial charge in [0.15, 0.2) is 5.78 Å². The van der Waals surface area contributed by atoms with Crippen molar-refractivity contribution in [1.29, 1.82) is 0 Å². The minimum atomic E-state index is -0.125. The van der Waals surface area contributed by atoms with E-state index in [2.05, 4.69) is 64.1 Å². The maximum atomic E-state index is 10.0. The quantitative estimate of drug-likeness (QED) is 0.242. The summed E-state index contributed by atoms with van der Waals surface area (Å²) in [5, 5.41) is 9.60. The Hall–Kier alpha value is -2.29. The number of aliphatic hydroxyl groups excluding tert-OH is 1. The molecule has 1 aromatic heterocycles. The predicted octanol–water partition coefficient (Wildman–Crippen LogP) is 5.97. The number of fused-ring (bicyclic) bond motifs is 1. The maximum absolute atomic E-state index is 10.0. The van der Waals surface area contributed by atoms with Crippen molar-refractivity contribution in [2.24, 2.45) is 0 Å². The van der Waals surface area contributed by atoms with Gasteiger partial charge in [-0.3, -0.25) is 9.78 Å². The number of hydrogen-bond donors (Lipinski definition) is 1. The monoisotopic (exact) mass is 553 g/mol. The van der Waals surface area contributed by atoms with Gasteiger partial charge in [-0.15, -0.1) is 34.9 Å². The third-order valence-corrected chi connectivity index (χ3v) is 4.27. The minimum absolute atomic E-state index is 0. The molecule has 0 atom stereocenters. The first-order valence-corrected chi connectivity index (χ1v) is 8.93. The number of hydrogen-bond acceptors (Lipinski definition) is 3. The van der Waals surface area contributed by atoms with Gasteiger partial charge in [0.05, 0.1) is 11.3 Å². The van der Waals surface area contributed by atoms with Crippen LogP contribution in [0.1, 0.15) is 36.1 Å². The van der Waals surface area contributed by atoms with Crippen LogP contribution in [0.25, 0.3) is 22.2 Å². The summed E-state index contributed by atoms with van der Waals surface area (Å²) < 4.78 is 0. The fraction of sp³-hybridized carbons (Fsp3) is 0.250. The Morgan fingerprint density at radius 3 is 2.21 bits per heavy atom. The number of nitrogens with zero attached hydrogens (tertiary/aromatic N) is 1. The van der Waals surface area contributed by atoms with Crippen LogP contribution in [-0.2, 0) is 24.9 Å². The second-order valence-corrected chi connectivity index (χ2v) is 6.88. The first-order valence-electron chi connectivity index (χ1n) is 8.93. The molecular formula is C24H26IrNO2-. The van der Waals surface area contributed by atoms with Crippen LogP contribution in [0.4, 0.5) is 0 Å². The van der Waals surface area contributed by atoms with Crippen LogP contribution in [0, 0.1) is 33.8 Å². The number of aliphatic hydroxyl groups is 1. The van der Waals surface area contributed by atoms with E-state index < -0.39 is 0 Å². The number of rotatable bonds is 2. The molecule has 0 aliphatic rings. The van der Waals surface area contributed by atoms with Crippen molar-refractivity contribution in [1.82, 2.24) is 4.98 Å². The molecule has 0 aliphatic carbocycles.